The number of hydrogen-bond acceptors (Lipinski definition) is 4. The third-order valence-electron chi connectivity index (χ3n) is 4.10. The number of carbonyl (C=O) groups is 1. The van der Waals surface area contributed by atoms with E-state index >= 15 is 0 Å². The molecule has 28 heavy (non-hydrogen) atoms. The van der Waals surface area contributed by atoms with Gasteiger partial charge in [-0.1, -0.05) is 23.7 Å². The average molecular weight is 425 g/mol. The molecule has 1 aliphatic heterocycles. The van der Waals surface area contributed by atoms with Gasteiger partial charge in [0, 0.05) is 19.2 Å². The van der Waals surface area contributed by atoms with E-state index in [1.165, 1.54) is 40.7 Å². The zero-order valence-electron chi connectivity index (χ0n) is 14.8. The summed E-state index contributed by atoms with van der Waals surface area (Å²) in [6, 6.07) is 9.89. The molecule has 1 amide bonds. The summed E-state index contributed by atoms with van der Waals surface area (Å²) in [5.74, 6) is -0.941. The van der Waals surface area contributed by atoms with Crippen molar-refractivity contribution in [3.05, 3.63) is 64.9 Å². The number of halogens is 2. The van der Waals surface area contributed by atoms with Crippen molar-refractivity contribution in [1.29, 1.82) is 0 Å². The Labute approximate surface area is 167 Å². The number of nitrogens with one attached hydrogen (secondary N) is 1. The molecule has 0 saturated carbocycles. The molecule has 0 aromatic heterocycles. The lowest BCUT2D eigenvalue weighted by Crippen LogP contribution is -2.40. The van der Waals surface area contributed by atoms with Gasteiger partial charge in [0.25, 0.3) is 0 Å². The summed E-state index contributed by atoms with van der Waals surface area (Å²) in [4.78, 5) is 12.2. The standard InChI is InChI=1S/C19H18ClFN2O4S/c20-17-13-15(21)4-7-18(17)22-19(24)8-3-14-1-5-16(6-2-14)28(25,26)23-9-11-27-12-10-23/h1-8,13H,9-12H2,(H,22,24)/b8-3+. The Hall–Kier alpha value is -2.26. The van der Waals surface area contributed by atoms with Gasteiger partial charge in [0.2, 0.25) is 15.9 Å². The fraction of sp³-hybridized carbons (Fsp3) is 0.211. The van der Waals surface area contributed by atoms with Crippen molar-refractivity contribution >= 4 is 39.3 Å². The van der Waals surface area contributed by atoms with Crippen LogP contribution in [0.3, 0.4) is 0 Å². The fourth-order valence-corrected chi connectivity index (χ4v) is 4.25. The van der Waals surface area contributed by atoms with E-state index in [4.69, 9.17) is 16.3 Å². The maximum absolute atomic E-state index is 13.0. The van der Waals surface area contributed by atoms with Gasteiger partial charge in [-0.15, -0.1) is 0 Å². The van der Waals surface area contributed by atoms with Crippen LogP contribution in [0.25, 0.3) is 6.08 Å². The van der Waals surface area contributed by atoms with Gasteiger partial charge in [-0.3, -0.25) is 4.79 Å². The second-order valence-corrected chi connectivity index (χ2v) is 8.38. The molecule has 0 atom stereocenters. The lowest BCUT2D eigenvalue weighted by molar-refractivity contribution is -0.111. The molecule has 9 heteroatoms. The predicted molar refractivity (Wildman–Crippen MR) is 105 cm³/mol. The van der Waals surface area contributed by atoms with Gasteiger partial charge in [-0.2, -0.15) is 4.31 Å². The van der Waals surface area contributed by atoms with Gasteiger partial charge >= 0.3 is 0 Å². The Morgan fingerprint density at radius 3 is 2.46 bits per heavy atom. The molecule has 2 aromatic carbocycles. The predicted octanol–water partition coefficient (Wildman–Crippen LogP) is 3.15. The highest BCUT2D eigenvalue weighted by Crippen LogP contribution is 2.22. The minimum absolute atomic E-state index is 0.0967. The lowest BCUT2D eigenvalue weighted by atomic mass is 10.2. The summed E-state index contributed by atoms with van der Waals surface area (Å²) in [6.45, 7) is 1.42. The van der Waals surface area contributed by atoms with Crippen molar-refractivity contribution in [3.63, 3.8) is 0 Å². The zero-order valence-corrected chi connectivity index (χ0v) is 16.3. The molecule has 0 bridgehead atoms. The van der Waals surface area contributed by atoms with Crippen molar-refractivity contribution < 1.29 is 22.3 Å². The van der Waals surface area contributed by atoms with Gasteiger partial charge in [-0.25, -0.2) is 12.8 Å². The minimum Gasteiger partial charge on any atom is -0.379 e. The Morgan fingerprint density at radius 2 is 1.82 bits per heavy atom. The Kier molecular flexibility index (Phi) is 6.46. The molecule has 1 fully saturated rings. The number of nitrogens with zero attached hydrogens (tertiary/aromatic N) is 1. The summed E-state index contributed by atoms with van der Waals surface area (Å²) in [5.41, 5.74) is 0.950. The number of anilines is 1. The van der Waals surface area contributed by atoms with Gasteiger partial charge in [0.05, 0.1) is 28.8 Å². The highest BCUT2D eigenvalue weighted by molar-refractivity contribution is 7.89. The molecule has 1 N–H and O–H groups in total. The van der Waals surface area contributed by atoms with Crippen LogP contribution in [0.5, 0.6) is 0 Å². The average Bonchev–Trinajstić information content (AvgIpc) is 2.69. The number of hydrogen-bond donors (Lipinski definition) is 1. The number of benzene rings is 2. The Balaban J connectivity index is 1.65. The van der Waals surface area contributed by atoms with E-state index in [0.717, 1.165) is 6.07 Å². The number of sulfonamides is 1. The molecule has 0 spiro atoms. The second-order valence-electron chi connectivity index (χ2n) is 6.03. The first-order valence-corrected chi connectivity index (χ1v) is 10.3. The Bertz CT molecular complexity index is 987. The number of carbonyl (C=O) groups excluding carboxylic acids is 1. The lowest BCUT2D eigenvalue weighted by Gasteiger charge is -2.26. The van der Waals surface area contributed by atoms with Crippen LogP contribution in [0.2, 0.25) is 5.02 Å². The summed E-state index contributed by atoms with van der Waals surface area (Å²) < 4.78 is 44.7. The molecule has 0 radical (unpaired) electrons. The summed E-state index contributed by atoms with van der Waals surface area (Å²) in [7, 11) is -3.55. The summed E-state index contributed by atoms with van der Waals surface area (Å²) in [6.07, 6.45) is 2.82. The molecular weight excluding hydrogens is 407 g/mol. The third kappa shape index (κ3) is 4.96. The van der Waals surface area contributed by atoms with Gasteiger partial charge < -0.3 is 10.1 Å². The highest BCUT2D eigenvalue weighted by Gasteiger charge is 2.25. The third-order valence-corrected chi connectivity index (χ3v) is 6.33. The van der Waals surface area contributed by atoms with Crippen LogP contribution in [0.15, 0.2) is 53.4 Å². The van der Waals surface area contributed by atoms with Crippen molar-refractivity contribution in [2.45, 2.75) is 4.90 Å². The van der Waals surface area contributed by atoms with E-state index in [9.17, 15) is 17.6 Å². The zero-order chi connectivity index (χ0) is 20.1. The molecule has 1 saturated heterocycles. The largest absolute Gasteiger partial charge is 0.379 e. The van der Waals surface area contributed by atoms with Crippen LogP contribution >= 0.6 is 11.6 Å². The fourth-order valence-electron chi connectivity index (χ4n) is 2.62. The van der Waals surface area contributed by atoms with Crippen molar-refractivity contribution in [2.75, 3.05) is 31.6 Å². The quantitative estimate of drug-likeness (QED) is 0.748. The van der Waals surface area contributed by atoms with Crippen LogP contribution in [0, 0.1) is 5.82 Å². The summed E-state index contributed by atoms with van der Waals surface area (Å²) >= 11 is 5.87. The number of amides is 1. The summed E-state index contributed by atoms with van der Waals surface area (Å²) in [5, 5.41) is 2.64. The van der Waals surface area contributed by atoms with E-state index in [-0.39, 0.29) is 9.92 Å². The van der Waals surface area contributed by atoms with Crippen LogP contribution in [0.4, 0.5) is 10.1 Å². The minimum atomic E-state index is -3.55. The first kappa shape index (κ1) is 20.5. The van der Waals surface area contributed by atoms with E-state index in [0.29, 0.717) is 37.6 Å². The number of ether oxygens (including phenoxy) is 1. The van der Waals surface area contributed by atoms with Crippen LogP contribution < -0.4 is 5.32 Å². The first-order chi connectivity index (χ1) is 13.4. The van der Waals surface area contributed by atoms with Crippen LogP contribution in [-0.2, 0) is 19.6 Å². The SMILES string of the molecule is O=C(/C=C/c1ccc(S(=O)(=O)N2CCOCC2)cc1)Nc1ccc(F)cc1Cl. The maximum atomic E-state index is 13.0. The molecule has 148 valence electrons. The Morgan fingerprint density at radius 1 is 1.14 bits per heavy atom. The van der Waals surface area contributed by atoms with Crippen molar-refractivity contribution in [3.8, 4) is 0 Å². The molecule has 6 nitrogen and oxygen atoms in total. The molecule has 1 aliphatic rings. The van der Waals surface area contributed by atoms with E-state index < -0.39 is 21.7 Å². The number of rotatable bonds is 5. The van der Waals surface area contributed by atoms with E-state index in [1.807, 2.05) is 0 Å². The smallest absolute Gasteiger partial charge is 0.248 e. The molecular formula is C19H18ClFN2O4S. The van der Waals surface area contributed by atoms with Crippen LogP contribution in [-0.4, -0.2) is 44.9 Å². The monoisotopic (exact) mass is 424 g/mol. The van der Waals surface area contributed by atoms with Gasteiger partial charge in [-0.05, 0) is 42.0 Å². The molecule has 1 heterocycles. The molecule has 3 rings (SSSR count). The van der Waals surface area contributed by atoms with Crippen LogP contribution in [0.1, 0.15) is 5.56 Å². The highest BCUT2D eigenvalue weighted by atomic mass is 35.5. The van der Waals surface area contributed by atoms with Crippen molar-refractivity contribution in [2.24, 2.45) is 0 Å². The topological polar surface area (TPSA) is 75.7 Å². The molecule has 0 aliphatic carbocycles. The maximum Gasteiger partial charge on any atom is 0.248 e. The van der Waals surface area contributed by atoms with Crippen molar-refractivity contribution in [1.82, 2.24) is 4.31 Å². The molecule has 2 aromatic rings. The second kappa shape index (κ2) is 8.83. The normalized spacial score (nSPS) is 15.6. The van der Waals surface area contributed by atoms with Gasteiger partial charge in [0.15, 0.2) is 0 Å². The first-order valence-electron chi connectivity index (χ1n) is 8.48. The van der Waals surface area contributed by atoms with E-state index in [1.54, 1.807) is 12.1 Å². The van der Waals surface area contributed by atoms with E-state index in [2.05, 4.69) is 5.32 Å². The van der Waals surface area contributed by atoms with Gasteiger partial charge in [0.1, 0.15) is 5.82 Å². The molecule has 0 unspecified atom stereocenters. The number of morpholine rings is 1.